The lowest BCUT2D eigenvalue weighted by molar-refractivity contribution is -0.146. The number of carbonyl (C=O) groups excluding carboxylic acids is 3. The molecule has 11 nitrogen and oxygen atoms in total. The third-order valence-corrected chi connectivity index (χ3v) is 5.86. The first kappa shape index (κ1) is 30.7. The fourth-order valence-corrected chi connectivity index (χ4v) is 4.02. The van der Waals surface area contributed by atoms with Crippen LogP contribution in [-0.2, 0) is 25.6 Å². The van der Waals surface area contributed by atoms with Crippen LogP contribution >= 0.6 is 0 Å². The van der Waals surface area contributed by atoms with Crippen LogP contribution in [0, 0.1) is 23.0 Å². The summed E-state index contributed by atoms with van der Waals surface area (Å²) in [6.45, 7) is 2.83. The van der Waals surface area contributed by atoms with E-state index in [0.717, 1.165) is 13.2 Å². The Balaban J connectivity index is 1.93. The number of amides is 1. The summed E-state index contributed by atoms with van der Waals surface area (Å²) < 4.78 is 46.1. The standard InChI is InChI=1S/C28H29F2N5O6/c1-4-40-23(36)11-10-21(28(38)41-5-2)34-27(37)24-18(29)14-22(25(30)26(24)39-3)35(13-12-31)16-17-15-32-19-8-6-7-9-20(19)33-17/h6-9,14-15,21H,4-5,10-11,13,16H2,1-3H3,(H,34,37). The van der Waals surface area contributed by atoms with Gasteiger partial charge in [-0.2, -0.15) is 5.26 Å². The largest absolute Gasteiger partial charge is 0.493 e. The van der Waals surface area contributed by atoms with E-state index in [1.54, 1.807) is 38.1 Å². The van der Waals surface area contributed by atoms with Crippen molar-refractivity contribution in [2.45, 2.75) is 39.3 Å². The van der Waals surface area contributed by atoms with Crippen LogP contribution in [0.3, 0.4) is 0 Å². The van der Waals surface area contributed by atoms with Gasteiger partial charge in [0.1, 0.15) is 24.0 Å². The Kier molecular flexibility index (Phi) is 10.9. The van der Waals surface area contributed by atoms with Gasteiger partial charge in [0.25, 0.3) is 5.91 Å². The van der Waals surface area contributed by atoms with Crippen LogP contribution in [0.4, 0.5) is 14.5 Å². The summed E-state index contributed by atoms with van der Waals surface area (Å²) in [4.78, 5) is 47.3. The van der Waals surface area contributed by atoms with E-state index in [4.69, 9.17) is 14.2 Å². The molecule has 0 bridgehead atoms. The van der Waals surface area contributed by atoms with E-state index < -0.39 is 46.8 Å². The summed E-state index contributed by atoms with van der Waals surface area (Å²) in [5.74, 6) is -5.65. The minimum atomic E-state index is -1.35. The van der Waals surface area contributed by atoms with Crippen molar-refractivity contribution in [1.29, 1.82) is 5.26 Å². The molecule has 0 saturated heterocycles. The zero-order chi connectivity index (χ0) is 29.9. The van der Waals surface area contributed by atoms with Gasteiger partial charge in [-0.3, -0.25) is 14.6 Å². The summed E-state index contributed by atoms with van der Waals surface area (Å²) in [7, 11) is 1.05. The lowest BCUT2D eigenvalue weighted by Gasteiger charge is -2.24. The van der Waals surface area contributed by atoms with Crippen molar-refractivity contribution in [2.24, 2.45) is 0 Å². The highest BCUT2D eigenvalue weighted by molar-refractivity contribution is 6.00. The first-order valence-corrected chi connectivity index (χ1v) is 12.8. The molecule has 1 atom stereocenters. The van der Waals surface area contributed by atoms with Crippen LogP contribution in [0.1, 0.15) is 42.7 Å². The molecule has 2 aromatic carbocycles. The maximum atomic E-state index is 15.7. The third-order valence-electron chi connectivity index (χ3n) is 5.86. The number of hydrogen-bond donors (Lipinski definition) is 1. The van der Waals surface area contributed by atoms with Crippen LogP contribution in [0.25, 0.3) is 11.0 Å². The molecule has 0 fully saturated rings. The number of nitrogens with one attached hydrogen (secondary N) is 1. The fourth-order valence-electron chi connectivity index (χ4n) is 4.02. The molecule has 1 amide bonds. The van der Waals surface area contributed by atoms with Crippen molar-refractivity contribution in [2.75, 3.05) is 31.8 Å². The number of ether oxygens (including phenoxy) is 3. The van der Waals surface area contributed by atoms with Gasteiger partial charge < -0.3 is 24.4 Å². The molecule has 0 aliphatic rings. The number of aromatic nitrogens is 2. The number of anilines is 1. The molecule has 216 valence electrons. The van der Waals surface area contributed by atoms with Crippen molar-refractivity contribution in [3.05, 3.63) is 59.4 Å². The zero-order valence-corrected chi connectivity index (χ0v) is 22.8. The van der Waals surface area contributed by atoms with Gasteiger partial charge in [0.2, 0.25) is 0 Å². The van der Waals surface area contributed by atoms with Gasteiger partial charge in [-0.15, -0.1) is 0 Å². The quantitative estimate of drug-likeness (QED) is 0.240. The first-order chi connectivity index (χ1) is 19.7. The second kappa shape index (κ2) is 14.5. The summed E-state index contributed by atoms with van der Waals surface area (Å²) >= 11 is 0. The predicted octanol–water partition coefficient (Wildman–Crippen LogP) is 3.45. The van der Waals surface area contributed by atoms with E-state index in [1.807, 2.05) is 6.07 Å². The number of nitrogens with zero attached hydrogens (tertiary/aromatic N) is 4. The van der Waals surface area contributed by atoms with Crippen molar-refractivity contribution in [1.82, 2.24) is 15.3 Å². The van der Waals surface area contributed by atoms with Gasteiger partial charge in [0.05, 0.1) is 61.5 Å². The number of benzene rings is 2. The summed E-state index contributed by atoms with van der Waals surface area (Å²) in [6.07, 6.45) is 1.04. The Morgan fingerprint density at radius 2 is 1.83 bits per heavy atom. The monoisotopic (exact) mass is 569 g/mol. The van der Waals surface area contributed by atoms with Crippen LogP contribution in [-0.4, -0.2) is 60.7 Å². The molecule has 1 aromatic heterocycles. The lowest BCUT2D eigenvalue weighted by atomic mass is 10.1. The van der Waals surface area contributed by atoms with Gasteiger partial charge in [-0.05, 0) is 32.4 Å². The van der Waals surface area contributed by atoms with E-state index in [0.29, 0.717) is 16.7 Å². The number of nitriles is 1. The lowest BCUT2D eigenvalue weighted by Crippen LogP contribution is -2.42. The fraction of sp³-hybridized carbons (Fsp3) is 0.357. The summed E-state index contributed by atoms with van der Waals surface area (Å²) in [6, 6.07) is 8.41. The minimum Gasteiger partial charge on any atom is -0.493 e. The average molecular weight is 570 g/mol. The molecule has 13 heteroatoms. The predicted molar refractivity (Wildman–Crippen MR) is 143 cm³/mol. The Morgan fingerprint density at radius 3 is 2.49 bits per heavy atom. The molecule has 1 heterocycles. The highest BCUT2D eigenvalue weighted by Gasteiger charge is 2.31. The molecule has 1 unspecified atom stereocenters. The average Bonchev–Trinajstić information content (AvgIpc) is 2.95. The molecule has 0 spiro atoms. The van der Waals surface area contributed by atoms with Gasteiger partial charge in [0.15, 0.2) is 11.6 Å². The molecule has 3 aromatic rings. The molecule has 41 heavy (non-hydrogen) atoms. The number of esters is 2. The number of methoxy groups -OCH3 is 1. The van der Waals surface area contributed by atoms with Crippen molar-refractivity contribution in [3.8, 4) is 11.8 Å². The summed E-state index contributed by atoms with van der Waals surface area (Å²) in [5, 5.41) is 11.7. The van der Waals surface area contributed by atoms with E-state index in [9.17, 15) is 19.6 Å². The van der Waals surface area contributed by atoms with Gasteiger partial charge in [0, 0.05) is 12.5 Å². The van der Waals surface area contributed by atoms with E-state index in [1.165, 1.54) is 11.1 Å². The molecular weight excluding hydrogens is 540 g/mol. The Morgan fingerprint density at radius 1 is 1.12 bits per heavy atom. The molecule has 1 N–H and O–H groups in total. The number of carbonyl (C=O) groups is 3. The van der Waals surface area contributed by atoms with Gasteiger partial charge >= 0.3 is 11.9 Å². The van der Waals surface area contributed by atoms with Crippen LogP contribution in [0.2, 0.25) is 0 Å². The molecule has 0 aliphatic carbocycles. The second-order valence-corrected chi connectivity index (χ2v) is 8.59. The maximum absolute atomic E-state index is 15.7. The minimum absolute atomic E-state index is 0.0120. The topological polar surface area (TPSA) is 144 Å². The van der Waals surface area contributed by atoms with Gasteiger partial charge in [-0.1, -0.05) is 12.1 Å². The number of rotatable bonds is 13. The number of hydrogen-bond acceptors (Lipinski definition) is 10. The molecule has 0 radical (unpaired) electrons. The smallest absolute Gasteiger partial charge is 0.328 e. The van der Waals surface area contributed by atoms with Crippen molar-refractivity contribution < 1.29 is 37.4 Å². The Labute approximate surface area is 235 Å². The highest BCUT2D eigenvalue weighted by atomic mass is 19.1. The molecule has 3 rings (SSSR count). The first-order valence-electron chi connectivity index (χ1n) is 12.8. The highest BCUT2D eigenvalue weighted by Crippen LogP contribution is 2.34. The van der Waals surface area contributed by atoms with E-state index >= 15 is 8.78 Å². The maximum Gasteiger partial charge on any atom is 0.328 e. The molecule has 0 aliphatic heterocycles. The van der Waals surface area contributed by atoms with E-state index in [-0.39, 0.29) is 44.8 Å². The molecule has 0 saturated carbocycles. The summed E-state index contributed by atoms with van der Waals surface area (Å²) in [5.41, 5.74) is 0.453. The molecular formula is C28H29F2N5O6. The Bertz CT molecular complexity index is 1460. The zero-order valence-electron chi connectivity index (χ0n) is 22.8. The van der Waals surface area contributed by atoms with Crippen LogP contribution in [0.5, 0.6) is 5.75 Å². The van der Waals surface area contributed by atoms with E-state index in [2.05, 4.69) is 15.3 Å². The normalized spacial score (nSPS) is 11.3. The second-order valence-electron chi connectivity index (χ2n) is 8.59. The van der Waals surface area contributed by atoms with Gasteiger partial charge in [-0.25, -0.2) is 18.6 Å². The van der Waals surface area contributed by atoms with Crippen LogP contribution in [0.15, 0.2) is 36.5 Å². The van der Waals surface area contributed by atoms with Crippen molar-refractivity contribution in [3.63, 3.8) is 0 Å². The number of para-hydroxylation sites is 2. The number of halogens is 2. The van der Waals surface area contributed by atoms with Crippen molar-refractivity contribution >= 4 is 34.6 Å². The van der Waals surface area contributed by atoms with Crippen LogP contribution < -0.4 is 15.0 Å². The Hall–Kier alpha value is -4.86. The SMILES string of the molecule is CCOC(=O)CCC(NC(=O)c1c(F)cc(N(CC#N)Cc2cnc3ccccc3n2)c(F)c1OC)C(=O)OCC. The third kappa shape index (κ3) is 7.63. The number of fused-ring (bicyclic) bond motifs is 1.